The fraction of sp³-hybridized carbons (Fsp3) is 0.368. The summed E-state index contributed by atoms with van der Waals surface area (Å²) in [5.41, 5.74) is 1.88. The number of ketones is 1. The van der Waals surface area contributed by atoms with Crippen LogP contribution in [0.2, 0.25) is 0 Å². The van der Waals surface area contributed by atoms with E-state index < -0.39 is 35.6 Å². The predicted octanol–water partition coefficient (Wildman–Crippen LogP) is 2.12. The van der Waals surface area contributed by atoms with Crippen LogP contribution in [0.5, 0.6) is 5.75 Å². The number of carbonyl (C=O) groups is 3. The molecule has 4 atom stereocenters. The largest absolute Gasteiger partial charge is 0.487 e. The molecular formula is C19H17NO7. The average Bonchev–Trinajstić information content (AvgIpc) is 3.04. The molecule has 0 radical (unpaired) electrons. The summed E-state index contributed by atoms with van der Waals surface area (Å²) in [6, 6.07) is 6.81. The van der Waals surface area contributed by atoms with Crippen LogP contribution in [0.1, 0.15) is 40.8 Å². The number of carbonyl (C=O) groups excluding carboxylic acids is 1. The van der Waals surface area contributed by atoms with Crippen LogP contribution in [-0.2, 0) is 21.0 Å². The zero-order valence-electron chi connectivity index (χ0n) is 14.4. The van der Waals surface area contributed by atoms with E-state index in [1.165, 1.54) is 0 Å². The quantitative estimate of drug-likeness (QED) is 0.818. The van der Waals surface area contributed by atoms with Crippen molar-refractivity contribution in [2.24, 2.45) is 11.8 Å². The van der Waals surface area contributed by atoms with Crippen LogP contribution < -0.4 is 4.74 Å². The standard InChI is InChI=1S/C19H17NO7/c1-8-4-9(20-27-8)7-26-10-2-3-11-12(5-10)15-14(21)6-13(11)16(18(22)23)17(15)19(24)25/h2-5,13,15-17H,6-7H2,1H3,(H,22,23)(H,24,25). The van der Waals surface area contributed by atoms with E-state index in [-0.39, 0.29) is 18.8 Å². The Morgan fingerprint density at radius 3 is 2.56 bits per heavy atom. The molecule has 8 heteroatoms. The molecule has 0 amide bonds. The van der Waals surface area contributed by atoms with Crippen LogP contribution in [-0.4, -0.2) is 33.1 Å². The highest BCUT2D eigenvalue weighted by Gasteiger charge is 2.57. The number of benzene rings is 1. The smallest absolute Gasteiger partial charge is 0.308 e. The molecule has 8 nitrogen and oxygen atoms in total. The molecule has 140 valence electrons. The molecule has 1 aromatic heterocycles. The maximum Gasteiger partial charge on any atom is 0.308 e. The van der Waals surface area contributed by atoms with E-state index in [0.29, 0.717) is 28.3 Å². The third-order valence-electron chi connectivity index (χ3n) is 5.37. The van der Waals surface area contributed by atoms with Crippen molar-refractivity contribution < 1.29 is 33.9 Å². The van der Waals surface area contributed by atoms with Crippen LogP contribution >= 0.6 is 0 Å². The lowest BCUT2D eigenvalue weighted by Crippen LogP contribution is -2.49. The fourth-order valence-electron chi connectivity index (χ4n) is 4.31. The third-order valence-corrected chi connectivity index (χ3v) is 5.37. The second-order valence-corrected chi connectivity index (χ2v) is 6.99. The Morgan fingerprint density at radius 1 is 1.19 bits per heavy atom. The summed E-state index contributed by atoms with van der Waals surface area (Å²) in [4.78, 5) is 35.9. The molecule has 1 fully saturated rings. The Bertz CT molecular complexity index is 947. The predicted molar refractivity (Wildman–Crippen MR) is 89.4 cm³/mol. The Balaban J connectivity index is 1.68. The van der Waals surface area contributed by atoms with Gasteiger partial charge in [0.25, 0.3) is 0 Å². The summed E-state index contributed by atoms with van der Waals surface area (Å²) >= 11 is 0. The highest BCUT2D eigenvalue weighted by Crippen LogP contribution is 2.54. The summed E-state index contributed by atoms with van der Waals surface area (Å²) < 4.78 is 10.7. The minimum Gasteiger partial charge on any atom is -0.487 e. The highest BCUT2D eigenvalue weighted by atomic mass is 16.5. The fourth-order valence-corrected chi connectivity index (χ4v) is 4.31. The lowest BCUT2D eigenvalue weighted by atomic mass is 9.55. The molecule has 2 bridgehead atoms. The summed E-state index contributed by atoms with van der Waals surface area (Å²) in [7, 11) is 0. The molecular weight excluding hydrogens is 354 g/mol. The zero-order valence-corrected chi connectivity index (χ0v) is 14.4. The number of aliphatic carboxylic acids is 2. The van der Waals surface area contributed by atoms with Crippen LogP contribution in [0.3, 0.4) is 0 Å². The summed E-state index contributed by atoms with van der Waals surface area (Å²) in [6.45, 7) is 1.93. The van der Waals surface area contributed by atoms with E-state index in [2.05, 4.69) is 5.16 Å². The van der Waals surface area contributed by atoms with Crippen LogP contribution in [0.25, 0.3) is 0 Å². The van der Waals surface area contributed by atoms with Gasteiger partial charge in [0, 0.05) is 18.4 Å². The van der Waals surface area contributed by atoms with Gasteiger partial charge in [-0.2, -0.15) is 0 Å². The van der Waals surface area contributed by atoms with Gasteiger partial charge in [0.05, 0.1) is 17.8 Å². The van der Waals surface area contributed by atoms with Crippen LogP contribution in [0.15, 0.2) is 28.8 Å². The van der Waals surface area contributed by atoms with Gasteiger partial charge in [-0.25, -0.2) is 0 Å². The van der Waals surface area contributed by atoms with Crippen molar-refractivity contribution in [3.63, 3.8) is 0 Å². The monoisotopic (exact) mass is 371 g/mol. The maximum absolute atomic E-state index is 12.5. The molecule has 3 aliphatic carbocycles. The molecule has 1 aromatic carbocycles. The van der Waals surface area contributed by atoms with Gasteiger partial charge < -0.3 is 19.5 Å². The second-order valence-electron chi connectivity index (χ2n) is 6.99. The van der Waals surface area contributed by atoms with E-state index in [4.69, 9.17) is 9.26 Å². The lowest BCUT2D eigenvalue weighted by Gasteiger charge is -2.45. The van der Waals surface area contributed by atoms with E-state index in [1.54, 1.807) is 31.2 Å². The van der Waals surface area contributed by atoms with Gasteiger partial charge in [-0.05, 0) is 30.2 Å². The summed E-state index contributed by atoms with van der Waals surface area (Å²) in [6.07, 6.45) is 0.0524. The first-order valence-corrected chi connectivity index (χ1v) is 8.54. The molecule has 4 unspecified atom stereocenters. The average molecular weight is 371 g/mol. The third kappa shape index (κ3) is 2.77. The molecule has 0 aliphatic heterocycles. The minimum atomic E-state index is -1.27. The van der Waals surface area contributed by atoms with E-state index in [1.807, 2.05) is 0 Å². The number of hydrogen-bond donors (Lipinski definition) is 2. The van der Waals surface area contributed by atoms with Gasteiger partial charge in [0.15, 0.2) is 0 Å². The van der Waals surface area contributed by atoms with E-state index in [0.717, 1.165) is 0 Å². The van der Waals surface area contributed by atoms with Crippen molar-refractivity contribution in [3.05, 3.63) is 46.8 Å². The molecule has 27 heavy (non-hydrogen) atoms. The Labute approximate surface area is 153 Å². The van der Waals surface area contributed by atoms with Gasteiger partial charge >= 0.3 is 11.9 Å². The van der Waals surface area contributed by atoms with Crippen molar-refractivity contribution in [2.45, 2.75) is 31.8 Å². The summed E-state index contributed by atoms with van der Waals surface area (Å²) in [5, 5.41) is 23.0. The number of aryl methyl sites for hydroxylation is 1. The molecule has 2 aromatic rings. The first kappa shape index (κ1) is 17.3. The molecule has 0 spiro atoms. The minimum absolute atomic E-state index is 0.0524. The Kier molecular flexibility index (Phi) is 3.98. The number of rotatable bonds is 5. The maximum atomic E-state index is 12.5. The molecule has 3 aliphatic rings. The normalized spacial score (nSPS) is 25.9. The van der Waals surface area contributed by atoms with Gasteiger partial charge in [0.2, 0.25) is 0 Å². The number of carboxylic acids is 2. The molecule has 1 saturated carbocycles. The molecule has 5 rings (SSSR count). The second kappa shape index (κ2) is 6.22. The van der Waals surface area contributed by atoms with E-state index >= 15 is 0 Å². The SMILES string of the molecule is Cc1cc(COc2ccc3c(c2)C2C(=O)CC3C(C(=O)O)C2C(=O)O)no1. The number of Topliss-reactive ketones (excluding diaryl/α,β-unsaturated/α-hetero) is 1. The number of hydrogen-bond acceptors (Lipinski definition) is 6. The van der Waals surface area contributed by atoms with Gasteiger partial charge in [0.1, 0.15) is 29.6 Å². The molecule has 0 saturated heterocycles. The van der Waals surface area contributed by atoms with Gasteiger partial charge in [-0.15, -0.1) is 0 Å². The number of ether oxygens (including phenoxy) is 1. The topological polar surface area (TPSA) is 127 Å². The number of nitrogens with zero attached hydrogens (tertiary/aromatic N) is 1. The van der Waals surface area contributed by atoms with Crippen LogP contribution in [0, 0.1) is 18.8 Å². The van der Waals surface area contributed by atoms with Gasteiger partial charge in [-0.3, -0.25) is 14.4 Å². The Morgan fingerprint density at radius 2 is 1.93 bits per heavy atom. The number of fused-ring (bicyclic) bond motifs is 2. The van der Waals surface area contributed by atoms with Crippen molar-refractivity contribution in [2.75, 3.05) is 0 Å². The first-order chi connectivity index (χ1) is 12.9. The number of aromatic nitrogens is 1. The van der Waals surface area contributed by atoms with Crippen molar-refractivity contribution >= 4 is 17.7 Å². The number of carboxylic acid groups (broad SMARTS) is 2. The van der Waals surface area contributed by atoms with Crippen molar-refractivity contribution in [3.8, 4) is 5.75 Å². The Hall–Kier alpha value is -3.16. The van der Waals surface area contributed by atoms with Crippen LogP contribution in [0.4, 0.5) is 0 Å². The summed E-state index contributed by atoms with van der Waals surface area (Å²) in [5.74, 6) is -5.54. The first-order valence-electron chi connectivity index (χ1n) is 8.54. The van der Waals surface area contributed by atoms with Crippen molar-refractivity contribution in [1.29, 1.82) is 0 Å². The van der Waals surface area contributed by atoms with Gasteiger partial charge in [-0.1, -0.05) is 11.2 Å². The highest BCUT2D eigenvalue weighted by molar-refractivity contribution is 5.98. The van der Waals surface area contributed by atoms with Crippen molar-refractivity contribution in [1.82, 2.24) is 5.16 Å². The zero-order chi connectivity index (χ0) is 19.3. The van der Waals surface area contributed by atoms with E-state index in [9.17, 15) is 24.6 Å². The lowest BCUT2D eigenvalue weighted by molar-refractivity contribution is -0.160. The molecule has 2 N–H and O–H groups in total. The molecule has 1 heterocycles.